The van der Waals surface area contributed by atoms with Gasteiger partial charge in [-0.25, -0.2) is 0 Å². The van der Waals surface area contributed by atoms with Crippen molar-refractivity contribution >= 4 is 17.8 Å². The summed E-state index contributed by atoms with van der Waals surface area (Å²) in [4.78, 5) is 40.1. The third-order valence-electron chi connectivity index (χ3n) is 8.30. The lowest BCUT2D eigenvalue weighted by atomic mass is 9.95. The highest BCUT2D eigenvalue weighted by Gasteiger charge is 2.54. The Morgan fingerprint density at radius 3 is 2.13 bits per heavy atom. The molecule has 47 heavy (non-hydrogen) atoms. The molecule has 3 aromatic carbocycles. The normalized spacial score (nSPS) is 22.3. The van der Waals surface area contributed by atoms with Gasteiger partial charge in [0.15, 0.2) is 6.29 Å². The van der Waals surface area contributed by atoms with Crippen LogP contribution >= 0.6 is 0 Å². The zero-order valence-corrected chi connectivity index (χ0v) is 26.6. The average molecular weight is 648 g/mol. The van der Waals surface area contributed by atoms with E-state index in [0.29, 0.717) is 25.7 Å². The van der Waals surface area contributed by atoms with Gasteiger partial charge in [0.05, 0.1) is 45.2 Å². The number of hydrogen-bond acceptors (Lipinski definition) is 10. The van der Waals surface area contributed by atoms with Crippen LogP contribution in [0.4, 0.5) is 0 Å². The van der Waals surface area contributed by atoms with Crippen molar-refractivity contribution in [3.63, 3.8) is 0 Å². The molecule has 5 atom stereocenters. The van der Waals surface area contributed by atoms with E-state index in [1.54, 1.807) is 31.4 Å². The molecule has 3 aromatic rings. The molecule has 2 amide bonds. The fourth-order valence-electron chi connectivity index (χ4n) is 5.75. The summed E-state index contributed by atoms with van der Waals surface area (Å²) < 4.78 is 34.8. The smallest absolute Gasteiger partial charge is 0.305 e. The van der Waals surface area contributed by atoms with E-state index in [1.807, 2.05) is 54.6 Å². The number of benzene rings is 3. The van der Waals surface area contributed by atoms with Crippen LogP contribution in [0.3, 0.4) is 0 Å². The average Bonchev–Trinajstić information content (AvgIpc) is 3.35. The molecule has 5 rings (SSSR count). The largest absolute Gasteiger partial charge is 0.497 e. The number of aliphatic hydroxyl groups is 1. The second kappa shape index (κ2) is 16.6. The van der Waals surface area contributed by atoms with Crippen molar-refractivity contribution in [1.82, 2.24) is 4.90 Å². The first-order chi connectivity index (χ1) is 22.9. The molecular weight excluding hydrogens is 606 g/mol. The molecule has 11 nitrogen and oxygen atoms in total. The summed E-state index contributed by atoms with van der Waals surface area (Å²) in [5.41, 5.74) is 2.28. The summed E-state index contributed by atoms with van der Waals surface area (Å²) in [5, 5.41) is 11.7. The Morgan fingerprint density at radius 2 is 1.47 bits per heavy atom. The van der Waals surface area contributed by atoms with Gasteiger partial charge in [0.2, 0.25) is 0 Å². The van der Waals surface area contributed by atoms with Crippen LogP contribution < -0.4 is 4.74 Å². The van der Waals surface area contributed by atoms with Crippen LogP contribution in [-0.4, -0.2) is 85.9 Å². The zero-order chi connectivity index (χ0) is 33.2. The van der Waals surface area contributed by atoms with Gasteiger partial charge in [-0.05, 0) is 48.2 Å². The maximum Gasteiger partial charge on any atom is 0.305 e. The van der Waals surface area contributed by atoms with E-state index in [0.717, 1.165) is 21.8 Å². The van der Waals surface area contributed by atoms with Gasteiger partial charge >= 0.3 is 5.97 Å². The Morgan fingerprint density at radius 1 is 0.809 bits per heavy atom. The summed E-state index contributed by atoms with van der Waals surface area (Å²) in [6.45, 7) is 0.570. The van der Waals surface area contributed by atoms with Gasteiger partial charge in [-0.2, -0.15) is 0 Å². The van der Waals surface area contributed by atoms with Crippen molar-refractivity contribution < 1.29 is 47.9 Å². The summed E-state index contributed by atoms with van der Waals surface area (Å²) in [6, 6.07) is 22.3. The predicted molar refractivity (Wildman–Crippen MR) is 170 cm³/mol. The second-order valence-electron chi connectivity index (χ2n) is 11.4. The van der Waals surface area contributed by atoms with Crippen LogP contribution in [0.5, 0.6) is 5.75 Å². The molecule has 0 saturated carbocycles. The number of ether oxygens (including phenoxy) is 6. The maximum atomic E-state index is 13.7. The number of methoxy groups -OCH3 is 2. The number of carbonyl (C=O) groups is 3. The first-order valence-corrected chi connectivity index (χ1v) is 15.8. The van der Waals surface area contributed by atoms with Crippen LogP contribution in [0.1, 0.15) is 57.5 Å². The fourth-order valence-corrected chi connectivity index (χ4v) is 5.75. The van der Waals surface area contributed by atoms with Crippen LogP contribution in [0.15, 0.2) is 78.9 Å². The first kappa shape index (κ1) is 34.2. The second-order valence-corrected chi connectivity index (χ2v) is 11.4. The molecule has 2 aliphatic heterocycles. The number of esters is 1. The van der Waals surface area contributed by atoms with Crippen molar-refractivity contribution in [3.05, 3.63) is 101 Å². The predicted octanol–water partition coefficient (Wildman–Crippen LogP) is 4.30. The lowest BCUT2D eigenvalue weighted by Gasteiger charge is -2.46. The van der Waals surface area contributed by atoms with Crippen molar-refractivity contribution in [2.24, 2.45) is 0 Å². The SMILES string of the molecule is COC(=O)CCCCCO[C@@H]1O[C@H](COCc2ccc(OC)cc2)[C@@H](O)[C@H](OCc2ccccc2)[C@H]1N1C(=O)c2ccccc2C1=O. The maximum absolute atomic E-state index is 13.7. The third-order valence-corrected chi connectivity index (χ3v) is 8.30. The Hall–Kier alpha value is -4.13. The Balaban J connectivity index is 1.37. The number of hydrogen-bond donors (Lipinski definition) is 1. The molecule has 0 bridgehead atoms. The van der Waals surface area contributed by atoms with Gasteiger partial charge in [0, 0.05) is 13.0 Å². The quantitative estimate of drug-likeness (QED) is 0.137. The van der Waals surface area contributed by atoms with E-state index in [-0.39, 0.29) is 43.5 Å². The number of nitrogens with zero attached hydrogens (tertiary/aromatic N) is 1. The highest BCUT2D eigenvalue weighted by Crippen LogP contribution is 2.35. The van der Waals surface area contributed by atoms with Crippen molar-refractivity contribution in [1.29, 1.82) is 0 Å². The fraction of sp³-hybridized carbons (Fsp3) is 0.417. The van der Waals surface area contributed by atoms with E-state index >= 15 is 0 Å². The molecule has 2 aliphatic rings. The molecular formula is C36H41NO10. The summed E-state index contributed by atoms with van der Waals surface area (Å²) >= 11 is 0. The minimum Gasteiger partial charge on any atom is -0.497 e. The molecule has 0 spiro atoms. The standard InChI is InChI=1S/C36H41NO10/c1-42-26-18-16-25(17-19-26)21-44-23-29-32(39)33(46-22-24-11-5-3-6-12-24)31(36(47-29)45-20-10-4-7-15-30(38)43-2)37-34(40)27-13-8-9-14-28(27)35(37)41/h3,5-6,8-9,11-14,16-19,29,31-33,36,39H,4,7,10,15,20-23H2,1-2H3/t29-,31-,32-,33-,36-/m1/s1. The molecule has 0 aromatic heterocycles. The van der Waals surface area contributed by atoms with Crippen molar-refractivity contribution in [3.8, 4) is 5.75 Å². The Kier molecular flexibility index (Phi) is 12.1. The number of amides is 2. The van der Waals surface area contributed by atoms with Crippen LogP contribution in [0.2, 0.25) is 0 Å². The van der Waals surface area contributed by atoms with E-state index in [9.17, 15) is 19.5 Å². The molecule has 1 fully saturated rings. The molecule has 0 unspecified atom stereocenters. The Bertz CT molecular complexity index is 1450. The molecule has 2 heterocycles. The van der Waals surface area contributed by atoms with Crippen LogP contribution in [-0.2, 0) is 41.7 Å². The van der Waals surface area contributed by atoms with Crippen LogP contribution in [0.25, 0.3) is 0 Å². The lowest BCUT2D eigenvalue weighted by molar-refractivity contribution is -0.290. The highest BCUT2D eigenvalue weighted by molar-refractivity contribution is 6.21. The number of fused-ring (bicyclic) bond motifs is 1. The molecule has 0 radical (unpaired) electrons. The molecule has 11 heteroatoms. The summed E-state index contributed by atoms with van der Waals surface area (Å²) in [6.07, 6.45) is -2.18. The van der Waals surface area contributed by atoms with Gasteiger partial charge in [0.1, 0.15) is 30.1 Å². The van der Waals surface area contributed by atoms with E-state index in [4.69, 9.17) is 28.4 Å². The summed E-state index contributed by atoms with van der Waals surface area (Å²) in [7, 11) is 2.95. The van der Waals surface area contributed by atoms with Gasteiger partial charge in [-0.1, -0.05) is 61.0 Å². The van der Waals surface area contributed by atoms with Crippen LogP contribution in [0, 0.1) is 0 Å². The molecule has 1 saturated heterocycles. The monoisotopic (exact) mass is 647 g/mol. The Labute approximate surface area is 274 Å². The number of carbonyl (C=O) groups excluding carboxylic acids is 3. The number of unbranched alkanes of at least 4 members (excludes halogenated alkanes) is 2. The molecule has 250 valence electrons. The van der Waals surface area contributed by atoms with Crippen molar-refractivity contribution in [2.75, 3.05) is 27.4 Å². The first-order valence-electron chi connectivity index (χ1n) is 15.8. The minimum absolute atomic E-state index is 0.00772. The highest BCUT2D eigenvalue weighted by atomic mass is 16.7. The minimum atomic E-state index is -1.27. The van der Waals surface area contributed by atoms with E-state index in [2.05, 4.69) is 0 Å². The van der Waals surface area contributed by atoms with Gasteiger partial charge in [-0.3, -0.25) is 19.3 Å². The van der Waals surface area contributed by atoms with E-state index in [1.165, 1.54) is 7.11 Å². The number of rotatable bonds is 16. The molecule has 0 aliphatic carbocycles. The van der Waals surface area contributed by atoms with Gasteiger partial charge < -0.3 is 33.5 Å². The number of aliphatic hydroxyl groups excluding tert-OH is 1. The number of imide groups is 1. The van der Waals surface area contributed by atoms with E-state index < -0.39 is 42.5 Å². The summed E-state index contributed by atoms with van der Waals surface area (Å²) in [5.74, 6) is -0.582. The van der Waals surface area contributed by atoms with Gasteiger partial charge in [0.25, 0.3) is 11.8 Å². The van der Waals surface area contributed by atoms with Gasteiger partial charge in [-0.15, -0.1) is 0 Å². The topological polar surface area (TPSA) is 130 Å². The lowest BCUT2D eigenvalue weighted by Crippen LogP contribution is -2.66. The third kappa shape index (κ3) is 8.43. The van der Waals surface area contributed by atoms with Crippen molar-refractivity contribution in [2.45, 2.75) is 69.5 Å². The molecule has 1 N–H and O–H groups in total. The zero-order valence-electron chi connectivity index (χ0n) is 26.6.